The number of nitrogens with zero attached hydrogens (tertiary/aromatic N) is 1. The van der Waals surface area contributed by atoms with Crippen LogP contribution in [-0.2, 0) is 4.79 Å². The Balaban J connectivity index is 1.92. The molecule has 0 spiro atoms. The fraction of sp³-hybridized carbons (Fsp3) is 0.391. The van der Waals surface area contributed by atoms with E-state index in [1.165, 1.54) is 0 Å². The number of carbonyl (C=O) groups is 2. The molecule has 0 heterocycles. The quantitative estimate of drug-likeness (QED) is 0.690. The minimum atomic E-state index is -0.238. The fourth-order valence-corrected chi connectivity index (χ4v) is 3.04. The Labute approximate surface area is 167 Å². The van der Waals surface area contributed by atoms with E-state index in [-0.39, 0.29) is 18.4 Å². The number of ether oxygens (including phenoxy) is 1. The van der Waals surface area contributed by atoms with Crippen molar-refractivity contribution in [1.82, 2.24) is 4.90 Å². The lowest BCUT2D eigenvalue weighted by Crippen LogP contribution is -2.32. The van der Waals surface area contributed by atoms with Gasteiger partial charge in [-0.2, -0.15) is 0 Å². The van der Waals surface area contributed by atoms with Gasteiger partial charge in [0.05, 0.1) is 0 Å². The summed E-state index contributed by atoms with van der Waals surface area (Å²) >= 11 is 0. The van der Waals surface area contributed by atoms with Crippen LogP contribution in [0.4, 0.5) is 5.69 Å². The highest BCUT2D eigenvalue weighted by Gasteiger charge is 2.14. The third kappa shape index (κ3) is 6.12. The number of hydrogen-bond acceptors (Lipinski definition) is 3. The lowest BCUT2D eigenvalue weighted by Gasteiger charge is -2.21. The molecule has 0 saturated carbocycles. The van der Waals surface area contributed by atoms with Crippen LogP contribution in [0.15, 0.2) is 42.5 Å². The highest BCUT2D eigenvalue weighted by Crippen LogP contribution is 2.19. The number of anilines is 1. The van der Waals surface area contributed by atoms with Crippen LogP contribution in [0.25, 0.3) is 0 Å². The van der Waals surface area contributed by atoms with Gasteiger partial charge in [-0.15, -0.1) is 0 Å². The Kier molecular flexibility index (Phi) is 8.05. The van der Waals surface area contributed by atoms with Gasteiger partial charge >= 0.3 is 0 Å². The van der Waals surface area contributed by atoms with Crippen molar-refractivity contribution in [2.45, 2.75) is 40.5 Å². The largest absolute Gasteiger partial charge is 0.483 e. The zero-order valence-corrected chi connectivity index (χ0v) is 17.2. The second kappa shape index (κ2) is 10.5. The van der Waals surface area contributed by atoms with Gasteiger partial charge in [0.1, 0.15) is 5.75 Å². The van der Waals surface area contributed by atoms with E-state index >= 15 is 0 Å². The minimum absolute atomic E-state index is 0.0276. The third-order valence-corrected chi connectivity index (χ3v) is 4.38. The number of hydrogen-bond donors (Lipinski definition) is 1. The summed E-state index contributed by atoms with van der Waals surface area (Å²) in [5.74, 6) is 0.492. The number of aryl methyl sites for hydroxylation is 2. The average Bonchev–Trinajstić information content (AvgIpc) is 2.67. The SMILES string of the molecule is CCCN(CCC)C(=O)c1ccc(NC(=O)COc2ccc(C)cc2C)cc1. The molecule has 0 aliphatic rings. The molecule has 0 bridgehead atoms. The van der Waals surface area contributed by atoms with Crippen molar-refractivity contribution in [3.05, 3.63) is 59.2 Å². The topological polar surface area (TPSA) is 58.6 Å². The van der Waals surface area contributed by atoms with Gasteiger partial charge in [0.25, 0.3) is 11.8 Å². The zero-order chi connectivity index (χ0) is 20.5. The summed E-state index contributed by atoms with van der Waals surface area (Å²) in [4.78, 5) is 26.6. The first-order chi connectivity index (χ1) is 13.4. The number of amides is 2. The summed E-state index contributed by atoms with van der Waals surface area (Å²) in [5, 5.41) is 2.80. The zero-order valence-electron chi connectivity index (χ0n) is 17.2. The molecule has 28 heavy (non-hydrogen) atoms. The van der Waals surface area contributed by atoms with Crippen molar-refractivity contribution >= 4 is 17.5 Å². The molecule has 2 aromatic carbocycles. The molecule has 0 fully saturated rings. The van der Waals surface area contributed by atoms with Crippen LogP contribution in [-0.4, -0.2) is 36.4 Å². The van der Waals surface area contributed by atoms with Gasteiger partial charge in [0.15, 0.2) is 6.61 Å². The van der Waals surface area contributed by atoms with Gasteiger partial charge in [0, 0.05) is 24.3 Å². The van der Waals surface area contributed by atoms with Gasteiger partial charge in [-0.1, -0.05) is 31.5 Å². The molecule has 5 heteroatoms. The van der Waals surface area contributed by atoms with Crippen LogP contribution >= 0.6 is 0 Å². The van der Waals surface area contributed by atoms with Crippen LogP contribution in [0.1, 0.15) is 48.2 Å². The first kappa shape index (κ1) is 21.5. The summed E-state index contributed by atoms with van der Waals surface area (Å²) in [6.07, 6.45) is 1.86. The van der Waals surface area contributed by atoms with E-state index < -0.39 is 0 Å². The van der Waals surface area contributed by atoms with Gasteiger partial charge < -0.3 is 15.0 Å². The van der Waals surface area contributed by atoms with Gasteiger partial charge in [0.2, 0.25) is 0 Å². The third-order valence-electron chi connectivity index (χ3n) is 4.38. The fourth-order valence-electron chi connectivity index (χ4n) is 3.04. The average molecular weight is 383 g/mol. The minimum Gasteiger partial charge on any atom is -0.483 e. The van der Waals surface area contributed by atoms with Crippen molar-refractivity contribution < 1.29 is 14.3 Å². The molecule has 0 saturated heterocycles. The number of carbonyl (C=O) groups excluding carboxylic acids is 2. The normalized spacial score (nSPS) is 10.4. The maximum atomic E-state index is 12.6. The Morgan fingerprint density at radius 1 is 0.964 bits per heavy atom. The lowest BCUT2D eigenvalue weighted by molar-refractivity contribution is -0.118. The molecule has 2 rings (SSSR count). The molecule has 0 radical (unpaired) electrons. The molecule has 1 N–H and O–H groups in total. The molecule has 0 aromatic heterocycles. The maximum Gasteiger partial charge on any atom is 0.262 e. The van der Waals surface area contributed by atoms with E-state index in [0.717, 1.165) is 37.1 Å². The van der Waals surface area contributed by atoms with Crippen molar-refractivity contribution in [1.29, 1.82) is 0 Å². The van der Waals surface area contributed by atoms with E-state index in [9.17, 15) is 9.59 Å². The molecule has 150 valence electrons. The standard InChI is InChI=1S/C23H30N2O3/c1-5-13-25(14-6-2)23(27)19-8-10-20(11-9-19)24-22(26)16-28-21-12-7-17(3)15-18(21)4/h7-12,15H,5-6,13-14,16H2,1-4H3,(H,24,26). The second-order valence-electron chi connectivity index (χ2n) is 6.98. The molecule has 5 nitrogen and oxygen atoms in total. The highest BCUT2D eigenvalue weighted by molar-refractivity contribution is 5.96. The first-order valence-electron chi connectivity index (χ1n) is 9.83. The van der Waals surface area contributed by atoms with Gasteiger partial charge in [-0.05, 0) is 62.6 Å². The van der Waals surface area contributed by atoms with E-state index in [0.29, 0.717) is 17.0 Å². The van der Waals surface area contributed by atoms with Crippen LogP contribution in [0.5, 0.6) is 5.75 Å². The van der Waals surface area contributed by atoms with Crippen LogP contribution < -0.4 is 10.1 Å². The lowest BCUT2D eigenvalue weighted by atomic mass is 10.1. The molecule has 0 atom stereocenters. The number of rotatable bonds is 9. The second-order valence-corrected chi connectivity index (χ2v) is 6.98. The summed E-state index contributed by atoms with van der Waals surface area (Å²) < 4.78 is 5.60. The van der Waals surface area contributed by atoms with E-state index in [2.05, 4.69) is 19.2 Å². The van der Waals surface area contributed by atoms with Crippen molar-refractivity contribution in [2.24, 2.45) is 0 Å². The Morgan fingerprint density at radius 2 is 1.61 bits per heavy atom. The molecule has 0 unspecified atom stereocenters. The van der Waals surface area contributed by atoms with Crippen LogP contribution in [0.2, 0.25) is 0 Å². The van der Waals surface area contributed by atoms with Crippen LogP contribution in [0.3, 0.4) is 0 Å². The Morgan fingerprint density at radius 3 is 2.18 bits per heavy atom. The molecule has 2 amide bonds. The Bertz CT molecular complexity index is 794. The maximum absolute atomic E-state index is 12.6. The first-order valence-corrected chi connectivity index (χ1v) is 9.83. The molecular formula is C23H30N2O3. The molecular weight excluding hydrogens is 352 g/mol. The van der Waals surface area contributed by atoms with Crippen molar-refractivity contribution in [2.75, 3.05) is 25.0 Å². The van der Waals surface area contributed by atoms with Crippen molar-refractivity contribution in [3.8, 4) is 5.75 Å². The van der Waals surface area contributed by atoms with Gasteiger partial charge in [-0.25, -0.2) is 0 Å². The van der Waals surface area contributed by atoms with Crippen molar-refractivity contribution in [3.63, 3.8) is 0 Å². The van der Waals surface area contributed by atoms with E-state index in [4.69, 9.17) is 4.74 Å². The monoisotopic (exact) mass is 382 g/mol. The predicted molar refractivity (Wildman–Crippen MR) is 113 cm³/mol. The van der Waals surface area contributed by atoms with E-state index in [1.807, 2.05) is 36.9 Å². The number of benzene rings is 2. The molecule has 0 aliphatic heterocycles. The smallest absolute Gasteiger partial charge is 0.262 e. The van der Waals surface area contributed by atoms with Crippen LogP contribution in [0, 0.1) is 13.8 Å². The number of nitrogens with one attached hydrogen (secondary N) is 1. The van der Waals surface area contributed by atoms with Gasteiger partial charge in [-0.3, -0.25) is 9.59 Å². The molecule has 2 aromatic rings. The summed E-state index contributed by atoms with van der Waals surface area (Å²) in [6.45, 7) is 9.54. The predicted octanol–water partition coefficient (Wildman–Crippen LogP) is 4.58. The van der Waals surface area contributed by atoms with E-state index in [1.54, 1.807) is 24.3 Å². The Hall–Kier alpha value is -2.82. The highest BCUT2D eigenvalue weighted by atomic mass is 16.5. The summed E-state index contributed by atoms with van der Waals surface area (Å²) in [6, 6.07) is 12.8. The summed E-state index contributed by atoms with van der Waals surface area (Å²) in [5.41, 5.74) is 3.43. The summed E-state index contributed by atoms with van der Waals surface area (Å²) in [7, 11) is 0. The molecule has 0 aliphatic carbocycles.